The fourth-order valence-corrected chi connectivity index (χ4v) is 2.59. The molecule has 2 aromatic rings. The molecule has 0 saturated heterocycles. The van der Waals surface area contributed by atoms with Crippen LogP contribution in [0.3, 0.4) is 0 Å². The molecule has 1 unspecified atom stereocenters. The Hall–Kier alpha value is -2.40. The van der Waals surface area contributed by atoms with Crippen LogP contribution >= 0.6 is 0 Å². The summed E-state index contributed by atoms with van der Waals surface area (Å²) in [6.07, 6.45) is -0.580. The number of para-hydroxylation sites is 2. The smallest absolute Gasteiger partial charge is 0.142 e. The Balaban J connectivity index is 1.54. The van der Waals surface area contributed by atoms with Gasteiger partial charge in [-0.15, -0.1) is 0 Å². The topological polar surface area (TPSA) is 51.2 Å². The van der Waals surface area contributed by atoms with Crippen LogP contribution in [0.15, 0.2) is 48.5 Å². The fourth-order valence-electron chi connectivity index (χ4n) is 2.59. The van der Waals surface area contributed by atoms with Crippen molar-refractivity contribution >= 4 is 5.69 Å². The molecular weight excluding hydrogens is 294 g/mol. The van der Waals surface area contributed by atoms with Gasteiger partial charge in [-0.3, -0.25) is 0 Å². The molecule has 0 aliphatic carbocycles. The number of anilines is 1. The monoisotopic (exact) mass is 315 g/mol. The first-order valence-corrected chi connectivity index (χ1v) is 7.68. The van der Waals surface area contributed by atoms with Gasteiger partial charge >= 0.3 is 0 Å². The Kier molecular flexibility index (Phi) is 4.88. The van der Waals surface area contributed by atoms with Gasteiger partial charge < -0.3 is 24.2 Å². The Bertz CT molecular complexity index is 629. The summed E-state index contributed by atoms with van der Waals surface area (Å²) in [4.78, 5) is 2.13. The van der Waals surface area contributed by atoms with Crippen molar-refractivity contribution in [2.24, 2.45) is 0 Å². The second-order valence-electron chi connectivity index (χ2n) is 5.40. The predicted octanol–water partition coefficient (Wildman–Crippen LogP) is 2.33. The number of aliphatic hydroxyl groups excluding tert-OH is 1. The Morgan fingerprint density at radius 1 is 1.13 bits per heavy atom. The van der Waals surface area contributed by atoms with E-state index < -0.39 is 6.10 Å². The van der Waals surface area contributed by atoms with E-state index in [-0.39, 0.29) is 6.61 Å². The highest BCUT2D eigenvalue weighted by atomic mass is 16.5. The molecule has 0 bridgehead atoms. The van der Waals surface area contributed by atoms with Gasteiger partial charge in [-0.25, -0.2) is 0 Å². The molecule has 1 N–H and O–H groups in total. The van der Waals surface area contributed by atoms with E-state index in [9.17, 15) is 5.11 Å². The van der Waals surface area contributed by atoms with Gasteiger partial charge in [-0.05, 0) is 36.4 Å². The number of β-amino-alcohol motifs (C(OH)–C–C–N with tert-alkyl or cyclic N) is 1. The maximum atomic E-state index is 10.3. The van der Waals surface area contributed by atoms with E-state index in [2.05, 4.69) is 4.90 Å². The third-order valence-electron chi connectivity index (χ3n) is 3.76. The average Bonchev–Trinajstić information content (AvgIpc) is 2.61. The van der Waals surface area contributed by atoms with Crippen LogP contribution in [0.4, 0.5) is 5.69 Å². The van der Waals surface area contributed by atoms with Crippen molar-refractivity contribution in [3.05, 3.63) is 48.5 Å². The number of methoxy groups -OCH3 is 1. The Labute approximate surface area is 136 Å². The van der Waals surface area contributed by atoms with E-state index >= 15 is 0 Å². The van der Waals surface area contributed by atoms with E-state index in [1.54, 1.807) is 7.11 Å². The van der Waals surface area contributed by atoms with Crippen LogP contribution in [0, 0.1) is 0 Å². The third-order valence-corrected chi connectivity index (χ3v) is 3.76. The van der Waals surface area contributed by atoms with Crippen molar-refractivity contribution < 1.29 is 19.3 Å². The predicted molar refractivity (Wildman–Crippen MR) is 88.6 cm³/mol. The van der Waals surface area contributed by atoms with Crippen LogP contribution in [0.2, 0.25) is 0 Å². The first-order valence-electron chi connectivity index (χ1n) is 7.68. The van der Waals surface area contributed by atoms with Crippen molar-refractivity contribution in [2.75, 3.05) is 38.3 Å². The van der Waals surface area contributed by atoms with Crippen LogP contribution in [0.25, 0.3) is 0 Å². The standard InChI is InChI=1S/C18H21NO4/c1-21-15-6-8-16(9-7-15)23-13-14(20)12-19-10-11-22-18-5-3-2-4-17(18)19/h2-9,14,20H,10-13H2,1H3. The van der Waals surface area contributed by atoms with Crippen LogP contribution in [-0.2, 0) is 0 Å². The van der Waals surface area contributed by atoms with Gasteiger partial charge in [0.15, 0.2) is 0 Å². The highest BCUT2D eigenvalue weighted by molar-refractivity contribution is 5.59. The fraction of sp³-hybridized carbons (Fsp3) is 0.333. The van der Waals surface area contributed by atoms with Crippen molar-refractivity contribution in [3.8, 4) is 17.2 Å². The van der Waals surface area contributed by atoms with E-state index in [1.807, 2.05) is 48.5 Å². The lowest BCUT2D eigenvalue weighted by molar-refractivity contribution is 0.110. The van der Waals surface area contributed by atoms with Gasteiger partial charge in [0.25, 0.3) is 0 Å². The number of ether oxygens (including phenoxy) is 3. The number of hydrogen-bond acceptors (Lipinski definition) is 5. The van der Waals surface area contributed by atoms with E-state index in [1.165, 1.54) is 0 Å². The first kappa shape index (κ1) is 15.5. The summed E-state index contributed by atoms with van der Waals surface area (Å²) >= 11 is 0. The number of benzene rings is 2. The maximum absolute atomic E-state index is 10.3. The van der Waals surface area contributed by atoms with E-state index in [4.69, 9.17) is 14.2 Å². The minimum absolute atomic E-state index is 0.242. The molecule has 1 heterocycles. The lowest BCUT2D eigenvalue weighted by Gasteiger charge is -2.32. The summed E-state index contributed by atoms with van der Waals surface area (Å²) in [5.74, 6) is 2.36. The highest BCUT2D eigenvalue weighted by Gasteiger charge is 2.20. The van der Waals surface area contributed by atoms with Gasteiger partial charge in [0.05, 0.1) is 19.3 Å². The first-order chi connectivity index (χ1) is 11.3. The van der Waals surface area contributed by atoms with Crippen LogP contribution < -0.4 is 19.1 Å². The van der Waals surface area contributed by atoms with Gasteiger partial charge in [0.1, 0.15) is 36.6 Å². The molecule has 122 valence electrons. The quantitative estimate of drug-likeness (QED) is 0.887. The van der Waals surface area contributed by atoms with Crippen LogP contribution in [0.1, 0.15) is 0 Å². The zero-order valence-electron chi connectivity index (χ0n) is 13.1. The summed E-state index contributed by atoms with van der Waals surface area (Å²) in [7, 11) is 1.62. The highest BCUT2D eigenvalue weighted by Crippen LogP contribution is 2.30. The van der Waals surface area contributed by atoms with Crippen molar-refractivity contribution in [3.63, 3.8) is 0 Å². The zero-order valence-corrected chi connectivity index (χ0v) is 13.1. The molecule has 1 aliphatic heterocycles. The summed E-state index contributed by atoms with van der Waals surface area (Å²) in [6, 6.07) is 15.2. The lowest BCUT2D eigenvalue weighted by atomic mass is 10.2. The minimum atomic E-state index is -0.580. The third kappa shape index (κ3) is 3.87. The molecule has 0 aromatic heterocycles. The van der Waals surface area contributed by atoms with Crippen LogP contribution in [-0.4, -0.2) is 44.6 Å². The normalized spacial score (nSPS) is 14.6. The van der Waals surface area contributed by atoms with Crippen LogP contribution in [0.5, 0.6) is 17.2 Å². The van der Waals surface area contributed by atoms with Gasteiger partial charge in [0, 0.05) is 6.54 Å². The second kappa shape index (κ2) is 7.24. The molecule has 0 amide bonds. The summed E-state index contributed by atoms with van der Waals surface area (Å²) in [5, 5.41) is 10.3. The van der Waals surface area contributed by atoms with Crippen molar-refractivity contribution in [1.29, 1.82) is 0 Å². The number of rotatable bonds is 6. The molecule has 1 atom stereocenters. The zero-order chi connectivity index (χ0) is 16.1. The molecule has 3 rings (SSSR count). The molecule has 5 heteroatoms. The summed E-state index contributed by atoms with van der Waals surface area (Å²) < 4.78 is 16.4. The molecule has 5 nitrogen and oxygen atoms in total. The van der Waals surface area contributed by atoms with Gasteiger partial charge in [0.2, 0.25) is 0 Å². The Morgan fingerprint density at radius 3 is 2.65 bits per heavy atom. The molecule has 0 spiro atoms. The molecule has 0 saturated carbocycles. The summed E-state index contributed by atoms with van der Waals surface area (Å²) in [6.45, 7) is 2.14. The average molecular weight is 315 g/mol. The summed E-state index contributed by atoms with van der Waals surface area (Å²) in [5.41, 5.74) is 1.02. The number of nitrogens with zero attached hydrogens (tertiary/aromatic N) is 1. The maximum Gasteiger partial charge on any atom is 0.142 e. The Morgan fingerprint density at radius 2 is 1.87 bits per heavy atom. The molecule has 1 aliphatic rings. The lowest BCUT2D eigenvalue weighted by Crippen LogP contribution is -2.40. The molecule has 0 radical (unpaired) electrons. The second-order valence-corrected chi connectivity index (χ2v) is 5.40. The van der Waals surface area contributed by atoms with Crippen molar-refractivity contribution in [1.82, 2.24) is 0 Å². The van der Waals surface area contributed by atoms with Gasteiger partial charge in [-0.2, -0.15) is 0 Å². The van der Waals surface area contributed by atoms with Crippen molar-refractivity contribution in [2.45, 2.75) is 6.10 Å². The number of aliphatic hydroxyl groups is 1. The largest absolute Gasteiger partial charge is 0.497 e. The molecule has 0 fully saturated rings. The molecule has 23 heavy (non-hydrogen) atoms. The minimum Gasteiger partial charge on any atom is -0.497 e. The van der Waals surface area contributed by atoms with E-state index in [0.29, 0.717) is 18.9 Å². The number of hydrogen-bond donors (Lipinski definition) is 1. The molecular formula is C18H21NO4. The SMILES string of the molecule is COc1ccc(OCC(O)CN2CCOc3ccccc32)cc1. The molecule has 2 aromatic carbocycles. The van der Waals surface area contributed by atoms with E-state index in [0.717, 1.165) is 23.7 Å². The number of fused-ring (bicyclic) bond motifs is 1. The van der Waals surface area contributed by atoms with Gasteiger partial charge in [-0.1, -0.05) is 12.1 Å².